The molecule has 3 nitrogen and oxygen atoms in total. The van der Waals surface area contributed by atoms with Crippen molar-refractivity contribution in [2.24, 2.45) is 5.92 Å². The molecule has 104 valence electrons. The van der Waals surface area contributed by atoms with Crippen molar-refractivity contribution < 1.29 is 0 Å². The lowest BCUT2D eigenvalue weighted by Crippen LogP contribution is -2.35. The number of nitrogens with zero attached hydrogens (tertiary/aromatic N) is 3. The van der Waals surface area contributed by atoms with Gasteiger partial charge in [-0.2, -0.15) is 0 Å². The highest BCUT2D eigenvalue weighted by Crippen LogP contribution is 2.25. The minimum absolute atomic E-state index is 0.411. The molecule has 19 heavy (non-hydrogen) atoms. The first-order valence-electron chi connectivity index (χ1n) is 6.83. The third-order valence-corrected chi connectivity index (χ3v) is 3.44. The van der Waals surface area contributed by atoms with E-state index in [1.165, 1.54) is 0 Å². The maximum Gasteiger partial charge on any atom is 0.152 e. The molecule has 0 saturated carbocycles. The predicted molar refractivity (Wildman–Crippen MR) is 82.1 cm³/mol. The Morgan fingerprint density at radius 3 is 2.58 bits per heavy atom. The molecule has 2 heterocycles. The van der Waals surface area contributed by atoms with E-state index in [9.17, 15) is 0 Å². The molecule has 0 saturated heterocycles. The molecule has 0 unspecified atom stereocenters. The molecular formula is C15H22ClN3. The third kappa shape index (κ3) is 2.86. The van der Waals surface area contributed by atoms with Gasteiger partial charge in [-0.05, 0) is 31.9 Å². The molecule has 0 bridgehead atoms. The van der Waals surface area contributed by atoms with E-state index < -0.39 is 0 Å². The lowest BCUT2D eigenvalue weighted by molar-refractivity contribution is 0.566. The van der Waals surface area contributed by atoms with E-state index in [1.54, 1.807) is 0 Å². The van der Waals surface area contributed by atoms with Crippen molar-refractivity contribution in [3.8, 4) is 0 Å². The quantitative estimate of drug-likeness (QED) is 0.773. The summed E-state index contributed by atoms with van der Waals surface area (Å²) in [5.74, 6) is 2.09. The van der Waals surface area contributed by atoms with E-state index in [4.69, 9.17) is 16.6 Å². The van der Waals surface area contributed by atoms with Crippen LogP contribution in [-0.2, 0) is 5.88 Å². The minimum atomic E-state index is 0.411. The van der Waals surface area contributed by atoms with E-state index >= 15 is 0 Å². The van der Waals surface area contributed by atoms with Gasteiger partial charge in [0.1, 0.15) is 5.65 Å². The zero-order valence-electron chi connectivity index (χ0n) is 12.1. The summed E-state index contributed by atoms with van der Waals surface area (Å²) < 4.78 is 2.08. The van der Waals surface area contributed by atoms with Crippen LogP contribution in [0, 0.1) is 5.92 Å². The molecule has 0 radical (unpaired) electrons. The number of alkyl halides is 1. The standard InChI is InChI=1S/C15H22ClN3/c1-11(2)10-19(12(3)4)15-13(9-16)18-8-6-5-7-14(18)17-15/h5-8,11-12H,9-10H2,1-4H3. The number of anilines is 1. The van der Waals surface area contributed by atoms with Crippen LogP contribution in [0.5, 0.6) is 0 Å². The Hall–Kier alpha value is -1.22. The van der Waals surface area contributed by atoms with Gasteiger partial charge in [-0.15, -0.1) is 11.6 Å². The molecule has 0 spiro atoms. The van der Waals surface area contributed by atoms with Crippen molar-refractivity contribution in [2.45, 2.75) is 39.6 Å². The summed E-state index contributed by atoms with van der Waals surface area (Å²) >= 11 is 6.15. The topological polar surface area (TPSA) is 20.5 Å². The zero-order chi connectivity index (χ0) is 14.0. The molecule has 2 aromatic heterocycles. The van der Waals surface area contributed by atoms with Crippen LogP contribution < -0.4 is 4.90 Å². The van der Waals surface area contributed by atoms with Gasteiger partial charge in [0.05, 0.1) is 11.6 Å². The van der Waals surface area contributed by atoms with Crippen LogP contribution in [0.1, 0.15) is 33.4 Å². The minimum Gasteiger partial charge on any atom is -0.352 e. The Labute approximate surface area is 120 Å². The van der Waals surface area contributed by atoms with Gasteiger partial charge in [0.2, 0.25) is 0 Å². The lowest BCUT2D eigenvalue weighted by Gasteiger charge is -2.29. The van der Waals surface area contributed by atoms with Gasteiger partial charge in [0.15, 0.2) is 5.82 Å². The second kappa shape index (κ2) is 5.83. The Morgan fingerprint density at radius 2 is 2.00 bits per heavy atom. The number of hydrogen-bond acceptors (Lipinski definition) is 2. The summed E-state index contributed by atoms with van der Waals surface area (Å²) in [6.45, 7) is 9.84. The van der Waals surface area contributed by atoms with Gasteiger partial charge in [-0.1, -0.05) is 19.9 Å². The fourth-order valence-corrected chi connectivity index (χ4v) is 2.57. The fourth-order valence-electron chi connectivity index (χ4n) is 2.32. The molecule has 0 aromatic carbocycles. The average molecular weight is 280 g/mol. The van der Waals surface area contributed by atoms with Crippen molar-refractivity contribution in [3.63, 3.8) is 0 Å². The van der Waals surface area contributed by atoms with Crippen molar-refractivity contribution in [3.05, 3.63) is 30.1 Å². The molecule has 0 N–H and O–H groups in total. The number of fused-ring (bicyclic) bond motifs is 1. The first-order chi connectivity index (χ1) is 9.04. The lowest BCUT2D eigenvalue weighted by atomic mass is 10.1. The highest BCUT2D eigenvalue weighted by molar-refractivity contribution is 6.17. The molecule has 0 fully saturated rings. The Morgan fingerprint density at radius 1 is 1.26 bits per heavy atom. The van der Waals surface area contributed by atoms with Gasteiger partial charge < -0.3 is 9.30 Å². The number of hydrogen-bond donors (Lipinski definition) is 0. The third-order valence-electron chi connectivity index (χ3n) is 3.19. The van der Waals surface area contributed by atoms with Crippen LogP contribution in [-0.4, -0.2) is 22.0 Å². The zero-order valence-corrected chi connectivity index (χ0v) is 12.9. The summed E-state index contributed by atoms with van der Waals surface area (Å²) in [5, 5.41) is 0. The SMILES string of the molecule is CC(C)CN(c1nc2ccccn2c1CCl)C(C)C. The highest BCUT2D eigenvalue weighted by Gasteiger charge is 2.20. The maximum atomic E-state index is 6.15. The second-order valence-corrected chi connectivity index (χ2v) is 5.85. The molecular weight excluding hydrogens is 258 g/mol. The van der Waals surface area contributed by atoms with E-state index in [0.29, 0.717) is 17.8 Å². The Balaban J connectivity index is 2.52. The van der Waals surface area contributed by atoms with E-state index in [2.05, 4.69) is 37.0 Å². The van der Waals surface area contributed by atoms with E-state index in [1.807, 2.05) is 24.4 Å². The van der Waals surface area contributed by atoms with Gasteiger partial charge in [-0.25, -0.2) is 4.98 Å². The second-order valence-electron chi connectivity index (χ2n) is 5.58. The van der Waals surface area contributed by atoms with Gasteiger partial charge in [0, 0.05) is 18.8 Å². The fraction of sp³-hybridized carbons (Fsp3) is 0.533. The summed E-state index contributed by atoms with van der Waals surface area (Å²) in [6.07, 6.45) is 2.03. The molecule has 2 aromatic rings. The van der Waals surface area contributed by atoms with Crippen LogP contribution in [0.4, 0.5) is 5.82 Å². The van der Waals surface area contributed by atoms with E-state index in [-0.39, 0.29) is 0 Å². The van der Waals surface area contributed by atoms with Crippen molar-refractivity contribution in [1.82, 2.24) is 9.38 Å². The summed E-state index contributed by atoms with van der Waals surface area (Å²) in [6, 6.07) is 6.45. The first kappa shape index (κ1) is 14.2. The summed E-state index contributed by atoms with van der Waals surface area (Å²) in [7, 11) is 0. The average Bonchev–Trinajstić information content (AvgIpc) is 2.73. The molecule has 0 aliphatic carbocycles. The van der Waals surface area contributed by atoms with Gasteiger partial charge in [0.25, 0.3) is 0 Å². The van der Waals surface area contributed by atoms with Gasteiger partial charge in [-0.3, -0.25) is 0 Å². The largest absolute Gasteiger partial charge is 0.352 e. The number of halogens is 1. The maximum absolute atomic E-state index is 6.15. The number of pyridine rings is 1. The predicted octanol–water partition coefficient (Wildman–Crippen LogP) is 3.94. The van der Waals surface area contributed by atoms with E-state index in [0.717, 1.165) is 23.7 Å². The number of imidazole rings is 1. The Kier molecular flexibility index (Phi) is 4.35. The van der Waals surface area contributed by atoms with Crippen molar-refractivity contribution in [2.75, 3.05) is 11.4 Å². The highest BCUT2D eigenvalue weighted by atomic mass is 35.5. The van der Waals surface area contributed by atoms with Crippen molar-refractivity contribution in [1.29, 1.82) is 0 Å². The first-order valence-corrected chi connectivity index (χ1v) is 7.36. The van der Waals surface area contributed by atoms with Crippen LogP contribution in [0.25, 0.3) is 5.65 Å². The molecule has 0 aliphatic rings. The molecule has 0 atom stereocenters. The van der Waals surface area contributed by atoms with Crippen LogP contribution in [0.2, 0.25) is 0 Å². The monoisotopic (exact) mass is 279 g/mol. The number of aromatic nitrogens is 2. The summed E-state index contributed by atoms with van der Waals surface area (Å²) in [5.41, 5.74) is 2.04. The molecule has 0 amide bonds. The van der Waals surface area contributed by atoms with Crippen LogP contribution >= 0.6 is 11.6 Å². The molecule has 2 rings (SSSR count). The molecule has 4 heteroatoms. The normalized spacial score (nSPS) is 11.7. The molecule has 0 aliphatic heterocycles. The summed E-state index contributed by atoms with van der Waals surface area (Å²) in [4.78, 5) is 7.11. The smallest absolute Gasteiger partial charge is 0.152 e. The van der Waals surface area contributed by atoms with Crippen molar-refractivity contribution >= 4 is 23.1 Å². The van der Waals surface area contributed by atoms with Crippen LogP contribution in [0.15, 0.2) is 24.4 Å². The van der Waals surface area contributed by atoms with Crippen LogP contribution in [0.3, 0.4) is 0 Å². The van der Waals surface area contributed by atoms with Gasteiger partial charge >= 0.3 is 0 Å². The number of rotatable bonds is 5. The Bertz CT molecular complexity index is 545.